The molecule has 0 bridgehead atoms. The summed E-state index contributed by atoms with van der Waals surface area (Å²) in [6.45, 7) is 8.12. The van der Waals surface area contributed by atoms with Crippen LogP contribution in [0.2, 0.25) is 0 Å². The molecule has 0 saturated carbocycles. The molecule has 2 N–H and O–H groups in total. The van der Waals surface area contributed by atoms with E-state index in [1.54, 1.807) is 0 Å². The molecule has 110 valence electrons. The van der Waals surface area contributed by atoms with Crippen LogP contribution < -0.4 is 15.5 Å². The molecule has 0 radical (unpaired) electrons. The molecule has 0 spiro atoms. The van der Waals surface area contributed by atoms with Crippen LogP contribution in [0.5, 0.6) is 0 Å². The number of rotatable bonds is 2. The number of nitrogens with two attached hydrogens (primary N) is 1. The van der Waals surface area contributed by atoms with Crippen molar-refractivity contribution in [3.63, 3.8) is 0 Å². The zero-order valence-corrected chi connectivity index (χ0v) is 12.0. The van der Waals surface area contributed by atoms with Crippen molar-refractivity contribution in [2.45, 2.75) is 13.0 Å². The lowest BCUT2D eigenvalue weighted by molar-refractivity contribution is 0.0989. The SMILES string of the molecule is CC1COCCN1c1cc(N)cc(N2CCOCC2)c1. The van der Waals surface area contributed by atoms with Crippen LogP contribution in [0.1, 0.15) is 6.92 Å². The smallest absolute Gasteiger partial charge is 0.0668 e. The second-order valence-electron chi connectivity index (χ2n) is 5.50. The molecule has 0 aliphatic carbocycles. The van der Waals surface area contributed by atoms with Crippen LogP contribution in [0.25, 0.3) is 0 Å². The Kier molecular flexibility index (Phi) is 3.98. The summed E-state index contributed by atoms with van der Waals surface area (Å²) in [6.07, 6.45) is 0. The average molecular weight is 277 g/mol. The van der Waals surface area contributed by atoms with Gasteiger partial charge >= 0.3 is 0 Å². The van der Waals surface area contributed by atoms with Gasteiger partial charge < -0.3 is 25.0 Å². The van der Waals surface area contributed by atoms with Crippen molar-refractivity contribution in [1.82, 2.24) is 0 Å². The van der Waals surface area contributed by atoms with E-state index < -0.39 is 0 Å². The van der Waals surface area contributed by atoms with Gasteiger partial charge in [0.15, 0.2) is 0 Å². The molecule has 1 unspecified atom stereocenters. The van der Waals surface area contributed by atoms with Crippen molar-refractivity contribution in [1.29, 1.82) is 0 Å². The maximum atomic E-state index is 6.10. The number of hydrogen-bond acceptors (Lipinski definition) is 5. The standard InChI is InChI=1S/C15H23N3O2/c1-12-11-20-7-4-18(12)15-9-13(16)8-14(10-15)17-2-5-19-6-3-17/h8-10,12H,2-7,11,16H2,1H3. The Morgan fingerprint density at radius 3 is 2.45 bits per heavy atom. The van der Waals surface area contributed by atoms with E-state index in [9.17, 15) is 0 Å². The number of nitrogens with zero attached hydrogens (tertiary/aromatic N) is 2. The van der Waals surface area contributed by atoms with E-state index in [2.05, 4.69) is 34.9 Å². The minimum atomic E-state index is 0.392. The maximum absolute atomic E-state index is 6.10. The van der Waals surface area contributed by atoms with Crippen molar-refractivity contribution < 1.29 is 9.47 Å². The lowest BCUT2D eigenvalue weighted by Crippen LogP contribution is -2.44. The number of hydrogen-bond donors (Lipinski definition) is 1. The molecule has 0 amide bonds. The number of nitrogen functional groups attached to an aromatic ring is 1. The van der Waals surface area contributed by atoms with Crippen LogP contribution in [0, 0.1) is 0 Å². The van der Waals surface area contributed by atoms with Gasteiger partial charge in [0.1, 0.15) is 0 Å². The van der Waals surface area contributed by atoms with E-state index in [1.165, 1.54) is 11.4 Å². The van der Waals surface area contributed by atoms with E-state index in [0.29, 0.717) is 6.04 Å². The van der Waals surface area contributed by atoms with Gasteiger partial charge in [-0.25, -0.2) is 0 Å². The van der Waals surface area contributed by atoms with Gasteiger partial charge in [-0.05, 0) is 25.1 Å². The molecule has 1 aromatic carbocycles. The van der Waals surface area contributed by atoms with Crippen molar-refractivity contribution >= 4 is 17.1 Å². The Labute approximate surface area is 120 Å². The molecule has 0 aromatic heterocycles. The Morgan fingerprint density at radius 1 is 1.00 bits per heavy atom. The molecular weight excluding hydrogens is 254 g/mol. The summed E-state index contributed by atoms with van der Waals surface area (Å²) in [4.78, 5) is 4.72. The van der Waals surface area contributed by atoms with Gasteiger partial charge in [-0.2, -0.15) is 0 Å². The van der Waals surface area contributed by atoms with E-state index in [-0.39, 0.29) is 0 Å². The van der Waals surface area contributed by atoms with E-state index in [4.69, 9.17) is 15.2 Å². The topological polar surface area (TPSA) is 51.0 Å². The summed E-state index contributed by atoms with van der Waals surface area (Å²) in [5.41, 5.74) is 9.32. The highest BCUT2D eigenvalue weighted by atomic mass is 16.5. The maximum Gasteiger partial charge on any atom is 0.0668 e. The number of ether oxygens (including phenoxy) is 2. The highest BCUT2D eigenvalue weighted by Crippen LogP contribution is 2.29. The van der Waals surface area contributed by atoms with Gasteiger partial charge in [-0.3, -0.25) is 0 Å². The van der Waals surface area contributed by atoms with Crippen LogP contribution >= 0.6 is 0 Å². The summed E-state index contributed by atoms with van der Waals surface area (Å²) in [7, 11) is 0. The largest absolute Gasteiger partial charge is 0.399 e. The third-order valence-corrected chi connectivity index (χ3v) is 4.00. The molecule has 5 heteroatoms. The van der Waals surface area contributed by atoms with Gasteiger partial charge in [-0.15, -0.1) is 0 Å². The molecule has 5 nitrogen and oxygen atoms in total. The Morgan fingerprint density at radius 2 is 1.70 bits per heavy atom. The lowest BCUT2D eigenvalue weighted by atomic mass is 10.1. The molecule has 2 aliphatic rings. The Balaban J connectivity index is 1.85. The highest BCUT2D eigenvalue weighted by molar-refractivity contribution is 5.68. The third-order valence-electron chi connectivity index (χ3n) is 4.00. The predicted molar refractivity (Wildman–Crippen MR) is 81.5 cm³/mol. The summed E-state index contributed by atoms with van der Waals surface area (Å²) in [5.74, 6) is 0. The summed E-state index contributed by atoms with van der Waals surface area (Å²) >= 11 is 0. The fourth-order valence-electron chi connectivity index (χ4n) is 2.90. The van der Waals surface area contributed by atoms with Crippen LogP contribution in [0.4, 0.5) is 17.1 Å². The fraction of sp³-hybridized carbons (Fsp3) is 0.600. The molecule has 2 heterocycles. The van der Waals surface area contributed by atoms with Crippen LogP contribution in [-0.4, -0.2) is 52.1 Å². The van der Waals surface area contributed by atoms with Gasteiger partial charge in [0.05, 0.1) is 26.4 Å². The molecule has 2 aliphatic heterocycles. The van der Waals surface area contributed by atoms with Gasteiger partial charge in [0, 0.05) is 42.7 Å². The fourth-order valence-corrected chi connectivity index (χ4v) is 2.90. The highest BCUT2D eigenvalue weighted by Gasteiger charge is 2.21. The Hall–Kier alpha value is -1.46. The van der Waals surface area contributed by atoms with E-state index >= 15 is 0 Å². The monoisotopic (exact) mass is 277 g/mol. The summed E-state index contributed by atoms with van der Waals surface area (Å²) in [6, 6.07) is 6.75. The van der Waals surface area contributed by atoms with Crippen LogP contribution in [-0.2, 0) is 9.47 Å². The Bertz CT molecular complexity index is 460. The van der Waals surface area contributed by atoms with Crippen molar-refractivity contribution in [2.75, 3.05) is 61.6 Å². The van der Waals surface area contributed by atoms with Gasteiger partial charge in [0.25, 0.3) is 0 Å². The first-order valence-electron chi connectivity index (χ1n) is 7.32. The summed E-state index contributed by atoms with van der Waals surface area (Å²) < 4.78 is 10.9. The van der Waals surface area contributed by atoms with Crippen LogP contribution in [0.15, 0.2) is 18.2 Å². The second kappa shape index (κ2) is 5.89. The quantitative estimate of drug-likeness (QED) is 0.827. The zero-order valence-electron chi connectivity index (χ0n) is 12.0. The second-order valence-corrected chi connectivity index (χ2v) is 5.50. The molecule has 1 atom stereocenters. The predicted octanol–water partition coefficient (Wildman–Crippen LogP) is 1.33. The third kappa shape index (κ3) is 2.83. The molecule has 3 rings (SSSR count). The number of benzene rings is 1. The molecule has 2 fully saturated rings. The average Bonchev–Trinajstić information content (AvgIpc) is 2.48. The first kappa shape index (κ1) is 13.5. The molecule has 1 aromatic rings. The van der Waals surface area contributed by atoms with Crippen molar-refractivity contribution in [2.24, 2.45) is 0 Å². The minimum absolute atomic E-state index is 0.392. The van der Waals surface area contributed by atoms with Crippen molar-refractivity contribution in [3.8, 4) is 0 Å². The molecule has 2 saturated heterocycles. The zero-order chi connectivity index (χ0) is 13.9. The lowest BCUT2D eigenvalue weighted by Gasteiger charge is -2.36. The molecule has 20 heavy (non-hydrogen) atoms. The van der Waals surface area contributed by atoms with E-state index in [0.717, 1.165) is 51.7 Å². The van der Waals surface area contributed by atoms with Gasteiger partial charge in [0.2, 0.25) is 0 Å². The normalized spacial score (nSPS) is 23.9. The summed E-state index contributed by atoms with van der Waals surface area (Å²) in [5, 5.41) is 0. The van der Waals surface area contributed by atoms with Crippen molar-refractivity contribution in [3.05, 3.63) is 18.2 Å². The van der Waals surface area contributed by atoms with Crippen LogP contribution in [0.3, 0.4) is 0 Å². The number of morpholine rings is 2. The van der Waals surface area contributed by atoms with Gasteiger partial charge in [-0.1, -0.05) is 0 Å². The first-order valence-corrected chi connectivity index (χ1v) is 7.32. The molecular formula is C15H23N3O2. The minimum Gasteiger partial charge on any atom is -0.399 e. The first-order chi connectivity index (χ1) is 9.74. The van der Waals surface area contributed by atoms with E-state index in [1.807, 2.05) is 0 Å². The number of anilines is 3.